The molecule has 10 nitrogen and oxygen atoms in total. The standard InChI is InChI=1S/C29H30Cl2N4O3.C6H6N2O/c1-19-2-3-22(29(37)35-10-8-20(9-11-35)21-4-6-24(30)25(31)16-21)17-26(19)33-28(36)23-5-7-27(32-18-23)34-12-14-38-15-13-34;7-6(9)5-2-1-3-8-4-5/h2-7,16-18,20H,8-15H2,1H3,(H,33,36);1-4H,(H2,7,9). The largest absolute Gasteiger partial charge is 0.378 e. The van der Waals surface area contributed by atoms with Crippen LogP contribution < -0.4 is 16.0 Å². The average Bonchev–Trinajstić information content (AvgIpc) is 3.11. The van der Waals surface area contributed by atoms with Crippen LogP contribution in [0.15, 0.2) is 79.3 Å². The van der Waals surface area contributed by atoms with Crippen molar-refractivity contribution in [3.8, 4) is 0 Å². The first-order chi connectivity index (χ1) is 22.7. The molecule has 2 fully saturated rings. The lowest BCUT2D eigenvalue weighted by Gasteiger charge is -2.32. The van der Waals surface area contributed by atoms with Gasteiger partial charge in [-0.2, -0.15) is 0 Å². The highest BCUT2D eigenvalue weighted by Gasteiger charge is 2.25. The van der Waals surface area contributed by atoms with Crippen LogP contribution in [-0.2, 0) is 4.74 Å². The van der Waals surface area contributed by atoms with Gasteiger partial charge in [-0.3, -0.25) is 19.4 Å². The molecule has 3 N–H and O–H groups in total. The fraction of sp³-hybridized carbons (Fsp3) is 0.286. The molecule has 0 radical (unpaired) electrons. The zero-order chi connectivity index (χ0) is 33.3. The van der Waals surface area contributed by atoms with Crippen LogP contribution in [0.4, 0.5) is 11.5 Å². The highest BCUT2D eigenvalue weighted by Crippen LogP contribution is 2.33. The van der Waals surface area contributed by atoms with Gasteiger partial charge in [0.25, 0.3) is 11.8 Å². The number of amides is 3. The first-order valence-electron chi connectivity index (χ1n) is 15.3. The summed E-state index contributed by atoms with van der Waals surface area (Å²) in [6, 6.07) is 18.1. The number of pyridine rings is 2. The fourth-order valence-corrected chi connectivity index (χ4v) is 5.76. The molecule has 244 valence electrons. The molecule has 2 aromatic heterocycles. The van der Waals surface area contributed by atoms with Crippen LogP contribution in [-0.4, -0.2) is 72.0 Å². The number of nitrogens with zero attached hydrogens (tertiary/aromatic N) is 4. The Morgan fingerprint density at radius 2 is 1.62 bits per heavy atom. The number of ether oxygens (including phenoxy) is 1. The Hall–Kier alpha value is -4.51. The Morgan fingerprint density at radius 3 is 2.23 bits per heavy atom. The fourth-order valence-electron chi connectivity index (χ4n) is 5.46. The summed E-state index contributed by atoms with van der Waals surface area (Å²) in [5.74, 6) is 0.426. The van der Waals surface area contributed by atoms with E-state index in [4.69, 9.17) is 33.7 Å². The summed E-state index contributed by atoms with van der Waals surface area (Å²) in [4.78, 5) is 48.8. The number of anilines is 2. The summed E-state index contributed by atoms with van der Waals surface area (Å²) >= 11 is 12.3. The van der Waals surface area contributed by atoms with Crippen molar-refractivity contribution in [2.75, 3.05) is 49.6 Å². The van der Waals surface area contributed by atoms with E-state index < -0.39 is 5.91 Å². The maximum absolute atomic E-state index is 13.3. The zero-order valence-corrected chi connectivity index (χ0v) is 27.5. The van der Waals surface area contributed by atoms with E-state index in [0.717, 1.165) is 42.9 Å². The number of nitrogens with one attached hydrogen (secondary N) is 1. The summed E-state index contributed by atoms with van der Waals surface area (Å²) in [6.45, 7) is 6.13. The minimum atomic E-state index is -0.442. The number of likely N-dealkylation sites (tertiary alicyclic amines) is 1. The van der Waals surface area contributed by atoms with Gasteiger partial charge in [0.1, 0.15) is 5.82 Å². The first-order valence-corrected chi connectivity index (χ1v) is 16.1. The van der Waals surface area contributed by atoms with Gasteiger partial charge in [0, 0.05) is 56.0 Å². The number of halogens is 2. The molecule has 0 unspecified atom stereocenters. The van der Waals surface area contributed by atoms with Crippen LogP contribution in [0.5, 0.6) is 0 Å². The molecule has 2 aromatic carbocycles. The monoisotopic (exact) mass is 674 g/mol. The van der Waals surface area contributed by atoms with E-state index in [1.807, 2.05) is 48.2 Å². The van der Waals surface area contributed by atoms with E-state index in [1.165, 1.54) is 6.20 Å². The topological polar surface area (TPSA) is 131 Å². The van der Waals surface area contributed by atoms with Crippen LogP contribution in [0.3, 0.4) is 0 Å². The third kappa shape index (κ3) is 8.85. The van der Waals surface area contributed by atoms with E-state index in [-0.39, 0.29) is 11.8 Å². The molecule has 2 aliphatic rings. The quantitative estimate of drug-likeness (QED) is 0.257. The van der Waals surface area contributed by atoms with Gasteiger partial charge in [-0.1, -0.05) is 35.3 Å². The Morgan fingerprint density at radius 1 is 0.872 bits per heavy atom. The first kappa shape index (κ1) is 33.8. The molecule has 6 rings (SSSR count). The predicted molar refractivity (Wildman–Crippen MR) is 183 cm³/mol. The number of benzene rings is 2. The molecule has 4 aromatic rings. The minimum Gasteiger partial charge on any atom is -0.378 e. The van der Waals surface area contributed by atoms with Crippen molar-refractivity contribution in [2.24, 2.45) is 5.73 Å². The number of hydrogen-bond acceptors (Lipinski definition) is 7. The number of nitrogens with two attached hydrogens (primary N) is 1. The molecular formula is C35H36Cl2N6O4. The van der Waals surface area contributed by atoms with Crippen molar-refractivity contribution in [2.45, 2.75) is 25.7 Å². The lowest BCUT2D eigenvalue weighted by Crippen LogP contribution is -2.38. The maximum Gasteiger partial charge on any atom is 0.257 e. The average molecular weight is 676 g/mol. The van der Waals surface area contributed by atoms with E-state index in [9.17, 15) is 14.4 Å². The number of morpholine rings is 1. The number of aromatic nitrogens is 2. The number of aryl methyl sites for hydroxylation is 1. The molecular weight excluding hydrogens is 639 g/mol. The highest BCUT2D eigenvalue weighted by molar-refractivity contribution is 6.42. The second-order valence-electron chi connectivity index (χ2n) is 11.3. The van der Waals surface area contributed by atoms with Gasteiger partial charge in [0.2, 0.25) is 5.91 Å². The van der Waals surface area contributed by atoms with E-state index in [2.05, 4.69) is 20.2 Å². The third-order valence-electron chi connectivity index (χ3n) is 8.22. The van der Waals surface area contributed by atoms with Crippen LogP contribution >= 0.6 is 23.2 Å². The van der Waals surface area contributed by atoms with Gasteiger partial charge in [-0.05, 0) is 85.3 Å². The molecule has 0 saturated carbocycles. The summed E-state index contributed by atoms with van der Waals surface area (Å²) in [7, 11) is 0. The van der Waals surface area contributed by atoms with Gasteiger partial charge >= 0.3 is 0 Å². The SMILES string of the molecule is Cc1ccc(C(=O)N2CCC(c3ccc(Cl)c(Cl)c3)CC2)cc1NC(=O)c1ccc(N2CCOCC2)nc1.NC(=O)c1cccnc1. The summed E-state index contributed by atoms with van der Waals surface area (Å²) in [5.41, 5.74) is 9.04. The summed E-state index contributed by atoms with van der Waals surface area (Å²) < 4.78 is 5.39. The number of primary amides is 1. The van der Waals surface area contributed by atoms with Gasteiger partial charge < -0.3 is 25.6 Å². The van der Waals surface area contributed by atoms with E-state index >= 15 is 0 Å². The van der Waals surface area contributed by atoms with Gasteiger partial charge in [-0.25, -0.2) is 4.98 Å². The van der Waals surface area contributed by atoms with Crippen molar-refractivity contribution in [3.63, 3.8) is 0 Å². The number of hydrogen-bond donors (Lipinski definition) is 2. The Bertz CT molecular complexity index is 1710. The highest BCUT2D eigenvalue weighted by atomic mass is 35.5. The molecule has 2 saturated heterocycles. The lowest BCUT2D eigenvalue weighted by atomic mass is 9.89. The van der Waals surface area contributed by atoms with Crippen LogP contribution in [0.2, 0.25) is 10.0 Å². The molecule has 0 aliphatic carbocycles. The second kappa shape index (κ2) is 15.9. The van der Waals surface area contributed by atoms with Crippen molar-refractivity contribution in [1.82, 2.24) is 14.9 Å². The van der Waals surface area contributed by atoms with Crippen LogP contribution in [0.25, 0.3) is 0 Å². The van der Waals surface area contributed by atoms with Gasteiger partial charge in [0.15, 0.2) is 0 Å². The summed E-state index contributed by atoms with van der Waals surface area (Å²) in [5, 5.41) is 4.06. The summed E-state index contributed by atoms with van der Waals surface area (Å²) in [6.07, 6.45) is 6.32. The third-order valence-corrected chi connectivity index (χ3v) is 8.96. The normalized spacial score (nSPS) is 15.0. The minimum absolute atomic E-state index is 0.0374. The Kier molecular flexibility index (Phi) is 11.4. The number of piperidine rings is 1. The number of rotatable bonds is 6. The molecule has 47 heavy (non-hydrogen) atoms. The molecule has 3 amide bonds. The van der Waals surface area contributed by atoms with Crippen molar-refractivity contribution in [1.29, 1.82) is 0 Å². The van der Waals surface area contributed by atoms with E-state index in [1.54, 1.807) is 36.7 Å². The number of carbonyl (C=O) groups excluding carboxylic acids is 3. The van der Waals surface area contributed by atoms with Gasteiger partial charge in [0.05, 0.1) is 34.4 Å². The van der Waals surface area contributed by atoms with Crippen molar-refractivity contribution in [3.05, 3.63) is 117 Å². The van der Waals surface area contributed by atoms with Crippen molar-refractivity contribution >= 4 is 52.4 Å². The van der Waals surface area contributed by atoms with Crippen LogP contribution in [0.1, 0.15) is 61.0 Å². The smallest absolute Gasteiger partial charge is 0.257 e. The Balaban J connectivity index is 0.000000417. The maximum atomic E-state index is 13.3. The molecule has 2 aliphatic heterocycles. The molecule has 0 spiro atoms. The molecule has 4 heterocycles. The second-order valence-corrected chi connectivity index (χ2v) is 12.1. The van der Waals surface area contributed by atoms with Crippen molar-refractivity contribution < 1.29 is 19.1 Å². The molecule has 0 bridgehead atoms. The van der Waals surface area contributed by atoms with Crippen LogP contribution in [0, 0.1) is 6.92 Å². The lowest BCUT2D eigenvalue weighted by molar-refractivity contribution is 0.0712. The van der Waals surface area contributed by atoms with E-state index in [0.29, 0.717) is 64.6 Å². The molecule has 0 atom stereocenters. The molecule has 12 heteroatoms. The number of carbonyl (C=O) groups is 3. The van der Waals surface area contributed by atoms with Gasteiger partial charge in [-0.15, -0.1) is 0 Å². The Labute approximate surface area is 283 Å². The predicted octanol–water partition coefficient (Wildman–Crippen LogP) is 5.99. The zero-order valence-electron chi connectivity index (χ0n) is 26.0.